The van der Waals surface area contributed by atoms with Crippen molar-refractivity contribution in [2.45, 2.75) is 47.1 Å². The van der Waals surface area contributed by atoms with E-state index in [0.717, 1.165) is 24.9 Å². The van der Waals surface area contributed by atoms with Gasteiger partial charge in [-0.2, -0.15) is 0 Å². The van der Waals surface area contributed by atoms with Crippen LogP contribution in [0.4, 0.5) is 4.79 Å². The second-order valence-electron chi connectivity index (χ2n) is 4.25. The van der Waals surface area contributed by atoms with Crippen LogP contribution in [0, 0.1) is 6.92 Å². The van der Waals surface area contributed by atoms with E-state index in [1.165, 1.54) is 5.56 Å². The fraction of sp³-hybridized carbons (Fsp3) is 0.533. The predicted molar refractivity (Wildman–Crippen MR) is 73.9 cm³/mol. The van der Waals surface area contributed by atoms with Crippen LogP contribution in [0.5, 0.6) is 5.75 Å². The van der Waals surface area contributed by atoms with Crippen molar-refractivity contribution >= 4 is 6.09 Å². The van der Waals surface area contributed by atoms with E-state index in [-0.39, 0.29) is 6.09 Å². The number of nitrogens with zero attached hydrogens (tertiary/aromatic N) is 1. The molecule has 100 valence electrons. The van der Waals surface area contributed by atoms with Crippen LogP contribution in [-0.4, -0.2) is 17.5 Å². The number of unbranched alkanes of at least 4 members (excludes halogenated alkanes) is 1. The minimum Gasteiger partial charge on any atom is -0.410 e. The first-order valence-corrected chi connectivity index (χ1v) is 6.77. The number of carbonyl (C=O) groups excluding carboxylic acids is 1. The summed E-state index contributed by atoms with van der Waals surface area (Å²) in [5, 5.41) is 0. The number of rotatable bonds is 3. The van der Waals surface area contributed by atoms with Crippen molar-refractivity contribution in [1.29, 1.82) is 0 Å². The van der Waals surface area contributed by atoms with Crippen LogP contribution in [0.3, 0.4) is 0 Å². The van der Waals surface area contributed by atoms with Gasteiger partial charge in [0.1, 0.15) is 5.75 Å². The highest BCUT2D eigenvalue weighted by atomic mass is 16.6. The quantitative estimate of drug-likeness (QED) is 0.806. The molecule has 1 aliphatic heterocycles. The van der Waals surface area contributed by atoms with Gasteiger partial charge in [0.25, 0.3) is 0 Å². The Hall–Kier alpha value is -1.51. The fourth-order valence-corrected chi connectivity index (χ4v) is 1.88. The van der Waals surface area contributed by atoms with Gasteiger partial charge in [0.05, 0.1) is 6.54 Å². The van der Waals surface area contributed by atoms with Crippen LogP contribution in [0.25, 0.3) is 0 Å². The Kier molecular flexibility index (Phi) is 5.69. The number of carbonyl (C=O) groups is 1. The standard InChI is InChI=1S/C13H17NO2.C2H6/c1-3-4-7-14-9-11-8-10(2)5-6-12(11)16-13(14)15;1-2/h5-6,8H,3-4,7,9H2,1-2H3;1-2H3. The highest BCUT2D eigenvalue weighted by Crippen LogP contribution is 2.26. The van der Waals surface area contributed by atoms with Gasteiger partial charge in [-0.25, -0.2) is 4.79 Å². The smallest absolute Gasteiger partial charge is 0.410 e. The first-order chi connectivity index (χ1) is 8.70. The average molecular weight is 249 g/mol. The molecule has 0 atom stereocenters. The Labute approximate surface area is 110 Å². The summed E-state index contributed by atoms with van der Waals surface area (Å²) in [7, 11) is 0. The number of ether oxygens (including phenoxy) is 1. The maximum Gasteiger partial charge on any atom is 0.415 e. The summed E-state index contributed by atoms with van der Waals surface area (Å²) in [5.41, 5.74) is 2.31. The van der Waals surface area contributed by atoms with E-state index in [2.05, 4.69) is 13.0 Å². The largest absolute Gasteiger partial charge is 0.415 e. The average Bonchev–Trinajstić information content (AvgIpc) is 2.39. The van der Waals surface area contributed by atoms with Gasteiger partial charge in [-0.3, -0.25) is 0 Å². The van der Waals surface area contributed by atoms with Gasteiger partial charge in [-0.05, 0) is 19.4 Å². The van der Waals surface area contributed by atoms with Gasteiger partial charge >= 0.3 is 6.09 Å². The number of benzene rings is 1. The molecule has 0 unspecified atom stereocenters. The van der Waals surface area contributed by atoms with Crippen LogP contribution >= 0.6 is 0 Å². The van der Waals surface area contributed by atoms with Gasteiger partial charge in [-0.15, -0.1) is 0 Å². The molecule has 1 amide bonds. The predicted octanol–water partition coefficient (Wildman–Crippen LogP) is 4.14. The first-order valence-electron chi connectivity index (χ1n) is 6.77. The van der Waals surface area contributed by atoms with Gasteiger partial charge < -0.3 is 9.64 Å². The molecule has 18 heavy (non-hydrogen) atoms. The molecule has 3 heteroatoms. The molecule has 1 aromatic carbocycles. The Morgan fingerprint density at radius 3 is 2.72 bits per heavy atom. The number of hydrogen-bond acceptors (Lipinski definition) is 2. The maximum atomic E-state index is 11.7. The molecule has 3 nitrogen and oxygen atoms in total. The van der Waals surface area contributed by atoms with Gasteiger partial charge in [-0.1, -0.05) is 44.9 Å². The third-order valence-electron chi connectivity index (χ3n) is 2.81. The van der Waals surface area contributed by atoms with Crippen LogP contribution in [0.1, 0.15) is 44.7 Å². The Morgan fingerprint density at radius 1 is 1.33 bits per heavy atom. The Morgan fingerprint density at radius 2 is 2.06 bits per heavy atom. The summed E-state index contributed by atoms with van der Waals surface area (Å²) in [6, 6.07) is 5.92. The maximum absolute atomic E-state index is 11.7. The SMILES string of the molecule is CC.CCCCN1Cc2cc(C)ccc2OC1=O. The molecule has 1 heterocycles. The molecule has 1 aromatic rings. The summed E-state index contributed by atoms with van der Waals surface area (Å²) >= 11 is 0. The second-order valence-corrected chi connectivity index (χ2v) is 4.25. The topological polar surface area (TPSA) is 29.5 Å². The van der Waals surface area contributed by atoms with E-state index in [9.17, 15) is 4.79 Å². The summed E-state index contributed by atoms with van der Waals surface area (Å²) < 4.78 is 5.28. The summed E-state index contributed by atoms with van der Waals surface area (Å²) in [5.74, 6) is 0.711. The number of fused-ring (bicyclic) bond motifs is 1. The van der Waals surface area contributed by atoms with E-state index < -0.39 is 0 Å². The molecule has 0 N–H and O–H groups in total. The molecular formula is C15H23NO2. The van der Waals surface area contributed by atoms with Crippen LogP contribution in [0.2, 0.25) is 0 Å². The first kappa shape index (κ1) is 14.6. The molecule has 1 aliphatic rings. The van der Waals surface area contributed by atoms with Crippen molar-refractivity contribution in [3.8, 4) is 5.75 Å². The lowest BCUT2D eigenvalue weighted by Crippen LogP contribution is -2.37. The molecular weight excluding hydrogens is 226 g/mol. The van der Waals surface area contributed by atoms with Crippen molar-refractivity contribution in [2.24, 2.45) is 0 Å². The summed E-state index contributed by atoms with van der Waals surface area (Å²) in [4.78, 5) is 13.4. The van der Waals surface area contributed by atoms with Crippen LogP contribution < -0.4 is 4.74 Å². The monoisotopic (exact) mass is 249 g/mol. The van der Waals surface area contributed by atoms with E-state index >= 15 is 0 Å². The van der Waals surface area contributed by atoms with Crippen molar-refractivity contribution in [1.82, 2.24) is 4.90 Å². The fourth-order valence-electron chi connectivity index (χ4n) is 1.88. The van der Waals surface area contributed by atoms with E-state index in [1.54, 1.807) is 4.90 Å². The lowest BCUT2D eigenvalue weighted by Gasteiger charge is -2.28. The molecule has 0 fully saturated rings. The van der Waals surface area contributed by atoms with Crippen molar-refractivity contribution in [3.63, 3.8) is 0 Å². The van der Waals surface area contributed by atoms with Crippen LogP contribution in [-0.2, 0) is 6.54 Å². The lowest BCUT2D eigenvalue weighted by molar-refractivity contribution is 0.137. The minimum absolute atomic E-state index is 0.218. The third kappa shape index (κ3) is 3.49. The summed E-state index contributed by atoms with van der Waals surface area (Å²) in [6.07, 6.45) is 1.89. The second kappa shape index (κ2) is 7.04. The lowest BCUT2D eigenvalue weighted by atomic mass is 10.1. The highest BCUT2D eigenvalue weighted by Gasteiger charge is 2.23. The van der Waals surface area contributed by atoms with Crippen molar-refractivity contribution in [2.75, 3.05) is 6.54 Å². The minimum atomic E-state index is -0.218. The number of hydrogen-bond donors (Lipinski definition) is 0. The zero-order valence-electron chi connectivity index (χ0n) is 11.8. The molecule has 0 saturated carbocycles. The van der Waals surface area contributed by atoms with E-state index in [1.807, 2.05) is 32.9 Å². The Bertz CT molecular complexity index is 401. The van der Waals surface area contributed by atoms with Gasteiger partial charge in [0.2, 0.25) is 0 Å². The highest BCUT2D eigenvalue weighted by molar-refractivity contribution is 5.73. The molecule has 2 rings (SSSR count). The van der Waals surface area contributed by atoms with Gasteiger partial charge in [0.15, 0.2) is 0 Å². The molecule has 0 aliphatic carbocycles. The van der Waals surface area contributed by atoms with Crippen molar-refractivity contribution in [3.05, 3.63) is 29.3 Å². The molecule has 0 radical (unpaired) electrons. The molecule has 0 spiro atoms. The number of aryl methyl sites for hydroxylation is 1. The van der Waals surface area contributed by atoms with Gasteiger partial charge in [0, 0.05) is 12.1 Å². The van der Waals surface area contributed by atoms with E-state index in [0.29, 0.717) is 12.3 Å². The number of amides is 1. The summed E-state index contributed by atoms with van der Waals surface area (Å²) in [6.45, 7) is 9.62. The normalized spacial score (nSPS) is 13.3. The molecule has 0 bridgehead atoms. The van der Waals surface area contributed by atoms with E-state index in [4.69, 9.17) is 4.74 Å². The molecule has 0 saturated heterocycles. The van der Waals surface area contributed by atoms with Crippen molar-refractivity contribution < 1.29 is 9.53 Å². The zero-order valence-corrected chi connectivity index (χ0v) is 11.8. The molecule has 0 aromatic heterocycles. The zero-order chi connectivity index (χ0) is 13.5. The Balaban J connectivity index is 0.000000771. The third-order valence-corrected chi connectivity index (χ3v) is 2.81. The van der Waals surface area contributed by atoms with Crippen LogP contribution in [0.15, 0.2) is 18.2 Å².